The molecule has 0 bridgehead atoms. The largest absolute Gasteiger partial charge is 0.369 e. The first-order valence-electron chi connectivity index (χ1n) is 8.13. The van der Waals surface area contributed by atoms with Gasteiger partial charge in [-0.1, -0.05) is 6.07 Å². The number of aryl methyl sites for hydroxylation is 1. The van der Waals surface area contributed by atoms with Gasteiger partial charge in [-0.15, -0.1) is 0 Å². The number of guanidine groups is 1. The number of hydrogen-bond donors (Lipinski definition) is 2. The number of anilines is 1. The predicted octanol–water partition coefficient (Wildman–Crippen LogP) is 0.842. The molecule has 0 aliphatic carbocycles. The minimum Gasteiger partial charge on any atom is -0.369 e. The molecule has 1 aliphatic heterocycles. The second kappa shape index (κ2) is 6.62. The van der Waals surface area contributed by atoms with Crippen molar-refractivity contribution >= 4 is 27.7 Å². The van der Waals surface area contributed by atoms with Crippen LogP contribution in [-0.2, 0) is 15.6 Å². The van der Waals surface area contributed by atoms with Gasteiger partial charge in [0.05, 0.1) is 5.75 Å². The zero-order valence-corrected chi connectivity index (χ0v) is 16.0. The zero-order valence-electron chi connectivity index (χ0n) is 15.2. The molecule has 3 rings (SSSR count). The van der Waals surface area contributed by atoms with Gasteiger partial charge in [0.15, 0.2) is 0 Å². The highest BCUT2D eigenvalue weighted by molar-refractivity contribution is 7.89. The summed E-state index contributed by atoms with van der Waals surface area (Å²) in [6.45, 7) is 3.55. The van der Waals surface area contributed by atoms with Crippen molar-refractivity contribution in [3.8, 4) is 0 Å². The van der Waals surface area contributed by atoms with Crippen LogP contribution in [0.4, 0.5) is 5.82 Å². The van der Waals surface area contributed by atoms with E-state index in [0.29, 0.717) is 5.56 Å². The number of pyridine rings is 2. The van der Waals surface area contributed by atoms with E-state index in [1.807, 2.05) is 6.92 Å². The maximum atomic E-state index is 12.3. The Morgan fingerprint density at radius 2 is 2.04 bits per heavy atom. The van der Waals surface area contributed by atoms with Gasteiger partial charge in [-0.3, -0.25) is 9.78 Å². The van der Waals surface area contributed by atoms with Gasteiger partial charge in [-0.05, 0) is 43.2 Å². The summed E-state index contributed by atoms with van der Waals surface area (Å²) >= 11 is 0. The van der Waals surface area contributed by atoms with Gasteiger partial charge in [0.1, 0.15) is 17.1 Å². The first-order chi connectivity index (χ1) is 12.6. The van der Waals surface area contributed by atoms with Crippen molar-refractivity contribution < 1.29 is 13.2 Å². The Morgan fingerprint density at radius 3 is 2.67 bits per heavy atom. The van der Waals surface area contributed by atoms with Crippen LogP contribution in [0, 0.1) is 6.92 Å². The summed E-state index contributed by atoms with van der Waals surface area (Å²) in [5.41, 5.74) is 6.46. The van der Waals surface area contributed by atoms with E-state index in [-0.39, 0.29) is 23.2 Å². The number of nitrogens with zero attached hydrogens (tertiary/aromatic N) is 4. The van der Waals surface area contributed by atoms with Gasteiger partial charge in [-0.2, -0.15) is 0 Å². The van der Waals surface area contributed by atoms with Crippen LogP contribution >= 0.6 is 0 Å². The SMILES string of the molecule is Cc1ccc(C(=O)Nc2cc([C@]3(C)CS(=O)(=O)N(C)C(N)=N3)ccn2)nc1. The molecule has 0 saturated carbocycles. The molecule has 0 radical (unpaired) electrons. The summed E-state index contributed by atoms with van der Waals surface area (Å²) < 4.78 is 25.6. The Kier molecular flexibility index (Phi) is 4.60. The van der Waals surface area contributed by atoms with Crippen molar-refractivity contribution in [2.75, 3.05) is 18.1 Å². The highest BCUT2D eigenvalue weighted by Crippen LogP contribution is 2.32. The summed E-state index contributed by atoms with van der Waals surface area (Å²) in [7, 11) is -2.23. The molecule has 27 heavy (non-hydrogen) atoms. The normalized spacial score (nSPS) is 21.4. The Bertz CT molecular complexity index is 1020. The topological polar surface area (TPSA) is 131 Å². The highest BCUT2D eigenvalue weighted by atomic mass is 32.2. The van der Waals surface area contributed by atoms with Gasteiger partial charge < -0.3 is 11.1 Å². The fourth-order valence-corrected chi connectivity index (χ4v) is 4.18. The van der Waals surface area contributed by atoms with E-state index in [0.717, 1.165) is 9.87 Å². The molecule has 0 unspecified atom stereocenters. The number of hydrogen-bond acceptors (Lipinski definition) is 7. The number of rotatable bonds is 3. The molecule has 0 saturated heterocycles. The number of carbonyl (C=O) groups is 1. The van der Waals surface area contributed by atoms with Crippen LogP contribution in [0.1, 0.15) is 28.5 Å². The first kappa shape index (κ1) is 18.8. The van der Waals surface area contributed by atoms with E-state index >= 15 is 0 Å². The minimum absolute atomic E-state index is 0.0880. The lowest BCUT2D eigenvalue weighted by atomic mass is 9.95. The van der Waals surface area contributed by atoms with Gasteiger partial charge in [0.25, 0.3) is 5.91 Å². The number of aromatic nitrogens is 2. The number of sulfonamides is 1. The number of carbonyl (C=O) groups excluding carboxylic acids is 1. The van der Waals surface area contributed by atoms with Gasteiger partial charge >= 0.3 is 0 Å². The van der Waals surface area contributed by atoms with Gasteiger partial charge in [0, 0.05) is 19.4 Å². The quantitative estimate of drug-likeness (QED) is 0.801. The van der Waals surface area contributed by atoms with Crippen LogP contribution in [0.3, 0.4) is 0 Å². The van der Waals surface area contributed by atoms with Crippen molar-refractivity contribution in [2.24, 2.45) is 10.7 Å². The van der Waals surface area contributed by atoms with Crippen molar-refractivity contribution in [1.29, 1.82) is 0 Å². The second-order valence-corrected chi connectivity index (χ2v) is 8.57. The lowest BCUT2D eigenvalue weighted by molar-refractivity contribution is 0.102. The lowest BCUT2D eigenvalue weighted by Crippen LogP contribution is -2.50. The highest BCUT2D eigenvalue weighted by Gasteiger charge is 2.40. The summed E-state index contributed by atoms with van der Waals surface area (Å²) in [5.74, 6) is -0.473. The summed E-state index contributed by atoms with van der Waals surface area (Å²) in [6, 6.07) is 6.64. The molecular formula is C17H20N6O3S. The van der Waals surface area contributed by atoms with Crippen LogP contribution in [-0.4, -0.2) is 47.4 Å². The number of aliphatic imine (C=N–C) groups is 1. The maximum Gasteiger partial charge on any atom is 0.275 e. The first-order valence-corrected chi connectivity index (χ1v) is 9.74. The molecule has 0 aromatic carbocycles. The van der Waals surface area contributed by atoms with Gasteiger partial charge in [0.2, 0.25) is 16.0 Å². The predicted molar refractivity (Wildman–Crippen MR) is 102 cm³/mol. The number of nitrogens with two attached hydrogens (primary N) is 1. The van der Waals surface area contributed by atoms with Crippen LogP contribution in [0.2, 0.25) is 0 Å². The molecule has 0 fully saturated rings. The molecule has 10 heteroatoms. The fraction of sp³-hybridized carbons (Fsp3) is 0.294. The molecule has 2 aromatic heterocycles. The van der Waals surface area contributed by atoms with Crippen molar-refractivity contribution in [3.63, 3.8) is 0 Å². The lowest BCUT2D eigenvalue weighted by Gasteiger charge is -2.34. The zero-order chi connectivity index (χ0) is 19.8. The monoisotopic (exact) mass is 388 g/mol. The standard InChI is InChI=1S/C17H20N6O3S/c1-11-4-5-13(20-9-11)15(24)21-14-8-12(6-7-19-14)17(2)10-27(25,26)23(3)16(18)22-17/h4-9H,10H2,1-3H3,(H2,18,22)(H,19,21,24)/t17-/m0/s1. The van der Waals surface area contributed by atoms with Crippen molar-refractivity contribution in [1.82, 2.24) is 14.3 Å². The molecule has 3 heterocycles. The fourth-order valence-electron chi connectivity index (χ4n) is 2.71. The van der Waals surface area contributed by atoms with Crippen molar-refractivity contribution in [2.45, 2.75) is 19.4 Å². The molecule has 142 valence electrons. The van der Waals surface area contributed by atoms with Crippen molar-refractivity contribution in [3.05, 3.63) is 53.5 Å². The van der Waals surface area contributed by atoms with Crippen LogP contribution in [0.5, 0.6) is 0 Å². The Hall–Kier alpha value is -3.01. The minimum atomic E-state index is -3.59. The van der Waals surface area contributed by atoms with Crippen LogP contribution in [0.15, 0.2) is 41.7 Å². The Morgan fingerprint density at radius 1 is 1.30 bits per heavy atom. The Labute approximate surface area is 157 Å². The van der Waals surface area contributed by atoms with E-state index in [1.54, 1.807) is 37.4 Å². The number of nitrogens with one attached hydrogen (secondary N) is 1. The van der Waals surface area contributed by atoms with Crippen LogP contribution < -0.4 is 11.1 Å². The average molecular weight is 388 g/mol. The molecular weight excluding hydrogens is 368 g/mol. The van der Waals surface area contributed by atoms with E-state index in [1.165, 1.54) is 13.2 Å². The van der Waals surface area contributed by atoms with E-state index in [4.69, 9.17) is 5.73 Å². The summed E-state index contributed by atoms with van der Waals surface area (Å²) in [6.07, 6.45) is 3.08. The molecule has 3 N–H and O–H groups in total. The third-order valence-electron chi connectivity index (χ3n) is 4.33. The summed E-state index contributed by atoms with van der Waals surface area (Å²) in [4.78, 5) is 24.9. The van der Waals surface area contributed by atoms with Crippen LogP contribution in [0.25, 0.3) is 0 Å². The molecule has 1 amide bonds. The molecule has 0 spiro atoms. The smallest absolute Gasteiger partial charge is 0.275 e. The molecule has 1 aliphatic rings. The third kappa shape index (κ3) is 3.75. The molecule has 2 aromatic rings. The number of amides is 1. The maximum absolute atomic E-state index is 12.3. The van der Waals surface area contributed by atoms with E-state index in [2.05, 4.69) is 20.3 Å². The van der Waals surface area contributed by atoms with Gasteiger partial charge in [-0.25, -0.2) is 22.7 Å². The van der Waals surface area contributed by atoms with E-state index < -0.39 is 21.5 Å². The molecule has 9 nitrogen and oxygen atoms in total. The van der Waals surface area contributed by atoms with E-state index in [9.17, 15) is 13.2 Å². The summed E-state index contributed by atoms with van der Waals surface area (Å²) in [5, 5.41) is 2.66. The second-order valence-electron chi connectivity index (χ2n) is 6.57. The average Bonchev–Trinajstić information content (AvgIpc) is 2.60. The molecule has 1 atom stereocenters. The Balaban J connectivity index is 1.89. The third-order valence-corrected chi connectivity index (χ3v) is 6.28.